The monoisotopic (exact) mass is 264 g/mol. The van der Waals surface area contributed by atoms with Crippen LogP contribution in [-0.2, 0) is 4.79 Å². The van der Waals surface area contributed by atoms with E-state index in [9.17, 15) is 14.3 Å². The lowest BCUT2D eigenvalue weighted by Gasteiger charge is -2.16. The van der Waals surface area contributed by atoms with Crippen molar-refractivity contribution in [2.24, 2.45) is 0 Å². The second kappa shape index (κ2) is 4.76. The van der Waals surface area contributed by atoms with Gasteiger partial charge in [-0.05, 0) is 13.0 Å². The summed E-state index contributed by atoms with van der Waals surface area (Å²) in [5.74, 6) is -1.09. The Kier molecular flexibility index (Phi) is 3.29. The largest absolute Gasteiger partial charge is 0.504 e. The summed E-state index contributed by atoms with van der Waals surface area (Å²) in [6, 6.07) is 4.23. The van der Waals surface area contributed by atoms with Crippen LogP contribution in [0.2, 0.25) is 0 Å². The maximum Gasteiger partial charge on any atom is 0.308 e. The zero-order chi connectivity index (χ0) is 14.2. The number of aromatic hydroxyl groups is 1. The molecule has 0 aliphatic rings. The first-order valence-electron chi connectivity index (χ1n) is 5.63. The molecule has 2 aromatic carbocycles. The normalized spacial score (nSPS) is 10.5. The molecular formula is C14H13FO4. The van der Waals surface area contributed by atoms with Gasteiger partial charge in [-0.15, -0.1) is 0 Å². The van der Waals surface area contributed by atoms with Crippen LogP contribution in [0.3, 0.4) is 0 Å². The van der Waals surface area contributed by atoms with Crippen molar-refractivity contribution < 1.29 is 23.8 Å². The summed E-state index contributed by atoms with van der Waals surface area (Å²) in [4.78, 5) is 11.2. The highest BCUT2D eigenvalue weighted by Crippen LogP contribution is 2.45. The predicted octanol–water partition coefficient (Wildman–Crippen LogP) is 2.93. The van der Waals surface area contributed by atoms with E-state index < -0.39 is 11.8 Å². The van der Waals surface area contributed by atoms with Crippen LogP contribution in [0.15, 0.2) is 18.2 Å². The van der Waals surface area contributed by atoms with Crippen molar-refractivity contribution in [1.29, 1.82) is 0 Å². The molecule has 2 rings (SSSR count). The number of benzene rings is 2. The number of carbonyl (C=O) groups excluding carboxylic acids is 1. The molecule has 2 aromatic rings. The highest BCUT2D eigenvalue weighted by Gasteiger charge is 2.21. The van der Waals surface area contributed by atoms with Crippen molar-refractivity contribution in [1.82, 2.24) is 0 Å². The predicted molar refractivity (Wildman–Crippen MR) is 68.2 cm³/mol. The lowest BCUT2D eigenvalue weighted by molar-refractivity contribution is -0.131. The first-order chi connectivity index (χ1) is 8.97. The minimum Gasteiger partial charge on any atom is -0.504 e. The quantitative estimate of drug-likeness (QED) is 0.669. The standard InChI is InChI=1S/C14H13FO4/c1-7-13(19-8(2)16)11-9(5-4-6-10(11)15)12(17)14(7)18-3/h4-6,17H,1-3H3. The van der Waals surface area contributed by atoms with E-state index in [-0.39, 0.29) is 28.0 Å². The fourth-order valence-electron chi connectivity index (χ4n) is 2.06. The van der Waals surface area contributed by atoms with E-state index in [0.29, 0.717) is 5.56 Å². The molecule has 0 fully saturated rings. The van der Waals surface area contributed by atoms with Gasteiger partial charge in [-0.3, -0.25) is 4.79 Å². The maximum absolute atomic E-state index is 13.9. The molecule has 0 bridgehead atoms. The van der Waals surface area contributed by atoms with Gasteiger partial charge in [0.05, 0.1) is 12.5 Å². The Hall–Kier alpha value is -2.30. The van der Waals surface area contributed by atoms with Crippen molar-refractivity contribution in [3.63, 3.8) is 0 Å². The molecule has 1 N–H and O–H groups in total. The summed E-state index contributed by atoms with van der Waals surface area (Å²) >= 11 is 0. The molecule has 0 unspecified atom stereocenters. The number of esters is 1. The first kappa shape index (κ1) is 13.1. The van der Waals surface area contributed by atoms with Crippen LogP contribution < -0.4 is 9.47 Å². The Morgan fingerprint density at radius 2 is 2.00 bits per heavy atom. The Bertz CT molecular complexity index is 664. The molecule has 19 heavy (non-hydrogen) atoms. The molecule has 0 saturated carbocycles. The number of hydrogen-bond donors (Lipinski definition) is 1. The molecule has 0 atom stereocenters. The number of hydrogen-bond acceptors (Lipinski definition) is 4. The lowest BCUT2D eigenvalue weighted by Crippen LogP contribution is -2.05. The van der Waals surface area contributed by atoms with E-state index in [1.807, 2.05) is 0 Å². The van der Waals surface area contributed by atoms with Gasteiger partial charge in [0.25, 0.3) is 0 Å². The number of ether oxygens (including phenoxy) is 2. The molecule has 0 aromatic heterocycles. The highest BCUT2D eigenvalue weighted by molar-refractivity contribution is 5.98. The third-order valence-corrected chi connectivity index (χ3v) is 2.84. The van der Waals surface area contributed by atoms with Crippen LogP contribution in [0.5, 0.6) is 17.2 Å². The average Bonchev–Trinajstić information content (AvgIpc) is 2.35. The van der Waals surface area contributed by atoms with Crippen LogP contribution in [-0.4, -0.2) is 18.2 Å². The molecule has 0 radical (unpaired) electrons. The second-order valence-electron chi connectivity index (χ2n) is 4.09. The van der Waals surface area contributed by atoms with Crippen LogP contribution in [0, 0.1) is 12.7 Å². The molecule has 0 heterocycles. The van der Waals surface area contributed by atoms with Gasteiger partial charge in [0.2, 0.25) is 0 Å². The van der Waals surface area contributed by atoms with Crippen molar-refractivity contribution >= 4 is 16.7 Å². The molecule has 4 nitrogen and oxygen atoms in total. The molecule has 0 aliphatic carbocycles. The molecule has 0 aliphatic heterocycles. The van der Waals surface area contributed by atoms with E-state index in [1.165, 1.54) is 32.2 Å². The van der Waals surface area contributed by atoms with Crippen molar-refractivity contribution in [3.05, 3.63) is 29.6 Å². The van der Waals surface area contributed by atoms with Gasteiger partial charge >= 0.3 is 5.97 Å². The van der Waals surface area contributed by atoms with Gasteiger partial charge in [0, 0.05) is 17.9 Å². The third kappa shape index (κ3) is 2.07. The minimum absolute atomic E-state index is 0.0634. The van der Waals surface area contributed by atoms with Gasteiger partial charge in [-0.1, -0.05) is 12.1 Å². The van der Waals surface area contributed by atoms with Crippen molar-refractivity contribution in [2.45, 2.75) is 13.8 Å². The zero-order valence-corrected chi connectivity index (χ0v) is 10.8. The Labute approximate surface area is 109 Å². The van der Waals surface area contributed by atoms with Crippen LogP contribution >= 0.6 is 0 Å². The van der Waals surface area contributed by atoms with E-state index >= 15 is 0 Å². The van der Waals surface area contributed by atoms with Gasteiger partial charge in [-0.25, -0.2) is 4.39 Å². The van der Waals surface area contributed by atoms with Gasteiger partial charge in [0.15, 0.2) is 11.5 Å². The number of phenolic OH excluding ortho intramolecular Hbond substituents is 1. The number of fused-ring (bicyclic) bond motifs is 1. The fourth-order valence-corrected chi connectivity index (χ4v) is 2.06. The summed E-state index contributed by atoms with van der Waals surface area (Å²) in [7, 11) is 1.38. The Morgan fingerprint density at radius 3 is 2.58 bits per heavy atom. The summed E-state index contributed by atoms with van der Waals surface area (Å²) < 4.78 is 24.1. The van der Waals surface area contributed by atoms with Crippen molar-refractivity contribution in [3.8, 4) is 17.2 Å². The number of rotatable bonds is 2. The Balaban J connectivity index is 2.93. The molecule has 0 amide bonds. The molecule has 0 spiro atoms. The number of carbonyl (C=O) groups is 1. The molecule has 0 saturated heterocycles. The fraction of sp³-hybridized carbons (Fsp3) is 0.214. The molecule has 100 valence electrons. The van der Waals surface area contributed by atoms with E-state index in [0.717, 1.165) is 0 Å². The molecule has 5 heteroatoms. The van der Waals surface area contributed by atoms with Crippen LogP contribution in [0.4, 0.5) is 4.39 Å². The van der Waals surface area contributed by atoms with Gasteiger partial charge in [-0.2, -0.15) is 0 Å². The SMILES string of the molecule is COc1c(C)c(OC(C)=O)c2c(F)cccc2c1O. The summed E-state index contributed by atoms with van der Waals surface area (Å²) in [5, 5.41) is 10.4. The van der Waals surface area contributed by atoms with Gasteiger partial charge in [0.1, 0.15) is 11.6 Å². The number of methoxy groups -OCH3 is 1. The third-order valence-electron chi connectivity index (χ3n) is 2.84. The average molecular weight is 264 g/mol. The zero-order valence-electron chi connectivity index (χ0n) is 10.8. The topological polar surface area (TPSA) is 55.8 Å². The maximum atomic E-state index is 13.9. The highest BCUT2D eigenvalue weighted by atomic mass is 19.1. The number of halogens is 1. The van der Waals surface area contributed by atoms with E-state index in [4.69, 9.17) is 9.47 Å². The van der Waals surface area contributed by atoms with Crippen LogP contribution in [0.25, 0.3) is 10.8 Å². The summed E-state index contributed by atoms with van der Waals surface area (Å²) in [6.07, 6.45) is 0. The van der Waals surface area contributed by atoms with Crippen LogP contribution in [0.1, 0.15) is 12.5 Å². The lowest BCUT2D eigenvalue weighted by atomic mass is 10.0. The van der Waals surface area contributed by atoms with Crippen molar-refractivity contribution in [2.75, 3.05) is 7.11 Å². The number of phenols is 1. The van der Waals surface area contributed by atoms with E-state index in [1.54, 1.807) is 6.92 Å². The van der Waals surface area contributed by atoms with Gasteiger partial charge < -0.3 is 14.6 Å². The first-order valence-corrected chi connectivity index (χ1v) is 5.63. The summed E-state index contributed by atoms with van der Waals surface area (Å²) in [6.45, 7) is 2.81. The second-order valence-corrected chi connectivity index (χ2v) is 4.09. The summed E-state index contributed by atoms with van der Waals surface area (Å²) in [5.41, 5.74) is 0.368. The molecular weight excluding hydrogens is 251 g/mol. The Morgan fingerprint density at radius 1 is 1.32 bits per heavy atom. The minimum atomic E-state index is -0.574. The van der Waals surface area contributed by atoms with E-state index in [2.05, 4.69) is 0 Å². The smallest absolute Gasteiger partial charge is 0.308 e.